The van der Waals surface area contributed by atoms with Crippen LogP contribution in [0.3, 0.4) is 0 Å². The van der Waals surface area contributed by atoms with Gasteiger partial charge in [-0.3, -0.25) is 0 Å². The number of rotatable bonds is 9. The fraction of sp³-hybridized carbons (Fsp3) is 0.217. The molecule has 0 aromatic heterocycles. The first kappa shape index (κ1) is 23.2. The van der Waals surface area contributed by atoms with Crippen LogP contribution in [-0.4, -0.2) is 13.7 Å². The van der Waals surface area contributed by atoms with Gasteiger partial charge in [0, 0.05) is 31.6 Å². The van der Waals surface area contributed by atoms with Crippen molar-refractivity contribution < 1.29 is 9.47 Å². The van der Waals surface area contributed by atoms with Gasteiger partial charge in [0.2, 0.25) is 0 Å². The van der Waals surface area contributed by atoms with E-state index in [4.69, 9.17) is 44.3 Å². The Labute approximate surface area is 200 Å². The predicted octanol–water partition coefficient (Wildman–Crippen LogP) is 7.33. The van der Waals surface area contributed by atoms with Gasteiger partial charge in [0.15, 0.2) is 11.5 Å². The lowest BCUT2D eigenvalue weighted by atomic mass is 10.1. The van der Waals surface area contributed by atoms with Crippen LogP contribution in [0.2, 0.25) is 15.1 Å². The summed E-state index contributed by atoms with van der Waals surface area (Å²) in [5.74, 6) is 1.26. The van der Waals surface area contributed by atoms with Gasteiger partial charge >= 0.3 is 0 Å². The molecule has 0 heterocycles. The first-order valence-corrected chi connectivity index (χ1v) is 11.3. The zero-order valence-electron chi connectivity index (χ0n) is 16.4. The monoisotopic (exact) mass is 527 g/mol. The van der Waals surface area contributed by atoms with E-state index in [2.05, 4.69) is 21.2 Å². The number of hydrogen-bond donors (Lipinski definition) is 1. The SMILES string of the molecule is COc1cc(CNCCc2ccc(Cl)cc2)c(Br)cc1OCc1c(Cl)cccc1Cl. The molecule has 3 rings (SSSR count). The average molecular weight is 530 g/mol. The largest absolute Gasteiger partial charge is 0.493 e. The maximum Gasteiger partial charge on any atom is 0.162 e. The van der Waals surface area contributed by atoms with E-state index < -0.39 is 0 Å². The Kier molecular flexibility index (Phi) is 8.72. The van der Waals surface area contributed by atoms with Crippen LogP contribution in [0.4, 0.5) is 0 Å². The summed E-state index contributed by atoms with van der Waals surface area (Å²) < 4.78 is 12.4. The van der Waals surface area contributed by atoms with E-state index in [9.17, 15) is 0 Å². The fourth-order valence-electron chi connectivity index (χ4n) is 2.91. The zero-order valence-corrected chi connectivity index (χ0v) is 20.2. The molecule has 0 unspecified atom stereocenters. The average Bonchev–Trinajstić information content (AvgIpc) is 2.73. The molecule has 7 heteroatoms. The van der Waals surface area contributed by atoms with Gasteiger partial charge in [-0.25, -0.2) is 0 Å². The number of ether oxygens (including phenoxy) is 2. The fourth-order valence-corrected chi connectivity index (χ4v) is 4.01. The summed E-state index contributed by atoms with van der Waals surface area (Å²) in [6.07, 6.45) is 0.922. The number of methoxy groups -OCH3 is 1. The number of hydrogen-bond acceptors (Lipinski definition) is 3. The van der Waals surface area contributed by atoms with Gasteiger partial charge in [-0.05, 0) is 60.5 Å². The summed E-state index contributed by atoms with van der Waals surface area (Å²) in [7, 11) is 1.62. The third-order valence-corrected chi connectivity index (χ3v) is 6.28. The second-order valence-electron chi connectivity index (χ2n) is 6.64. The molecule has 0 amide bonds. The van der Waals surface area contributed by atoms with Crippen molar-refractivity contribution >= 4 is 50.7 Å². The molecule has 3 nitrogen and oxygen atoms in total. The molecule has 0 fully saturated rings. The van der Waals surface area contributed by atoms with Gasteiger partial charge < -0.3 is 14.8 Å². The molecule has 0 spiro atoms. The highest BCUT2D eigenvalue weighted by atomic mass is 79.9. The van der Waals surface area contributed by atoms with Crippen LogP contribution >= 0.6 is 50.7 Å². The van der Waals surface area contributed by atoms with Crippen LogP contribution in [0.5, 0.6) is 11.5 Å². The van der Waals surface area contributed by atoms with E-state index in [-0.39, 0.29) is 6.61 Å². The standard InChI is InChI=1S/C23H21BrCl3NO2/c1-29-22-11-16(13-28-10-9-15-5-7-17(25)8-6-15)19(24)12-23(22)30-14-18-20(26)3-2-4-21(18)27/h2-8,11-12,28H,9-10,13-14H2,1H3. The maximum absolute atomic E-state index is 6.23. The van der Waals surface area contributed by atoms with Gasteiger partial charge in [-0.15, -0.1) is 0 Å². The Balaban J connectivity index is 1.61. The molecule has 0 aliphatic rings. The molecular formula is C23H21BrCl3NO2. The predicted molar refractivity (Wildman–Crippen MR) is 128 cm³/mol. The molecule has 0 saturated heterocycles. The van der Waals surface area contributed by atoms with Gasteiger partial charge in [0.25, 0.3) is 0 Å². The lowest BCUT2D eigenvalue weighted by molar-refractivity contribution is 0.284. The van der Waals surface area contributed by atoms with E-state index in [1.54, 1.807) is 25.3 Å². The van der Waals surface area contributed by atoms with E-state index in [1.807, 2.05) is 36.4 Å². The minimum atomic E-state index is 0.250. The van der Waals surface area contributed by atoms with Crippen molar-refractivity contribution in [1.82, 2.24) is 5.32 Å². The van der Waals surface area contributed by atoms with Gasteiger partial charge in [0.1, 0.15) is 6.61 Å². The molecule has 0 aliphatic heterocycles. The lowest BCUT2D eigenvalue weighted by Gasteiger charge is -2.15. The molecule has 0 aliphatic carbocycles. The normalized spacial score (nSPS) is 10.8. The Morgan fingerprint density at radius 3 is 2.30 bits per heavy atom. The summed E-state index contributed by atoms with van der Waals surface area (Å²) in [6, 6.07) is 17.2. The molecular weight excluding hydrogens is 509 g/mol. The number of nitrogens with one attached hydrogen (secondary N) is 1. The van der Waals surface area contributed by atoms with Crippen LogP contribution < -0.4 is 14.8 Å². The van der Waals surface area contributed by atoms with Gasteiger partial charge in [-0.2, -0.15) is 0 Å². The minimum Gasteiger partial charge on any atom is -0.493 e. The third kappa shape index (κ3) is 6.29. The van der Waals surface area contributed by atoms with Crippen molar-refractivity contribution in [2.75, 3.05) is 13.7 Å². The van der Waals surface area contributed by atoms with Crippen LogP contribution in [0.15, 0.2) is 59.1 Å². The lowest BCUT2D eigenvalue weighted by Crippen LogP contribution is -2.17. The number of benzene rings is 3. The highest BCUT2D eigenvalue weighted by Gasteiger charge is 2.13. The summed E-state index contributed by atoms with van der Waals surface area (Å²) >= 11 is 22.0. The van der Waals surface area contributed by atoms with E-state index in [0.29, 0.717) is 28.1 Å². The zero-order chi connectivity index (χ0) is 21.5. The maximum atomic E-state index is 6.23. The van der Waals surface area contributed by atoms with E-state index in [1.165, 1.54) is 5.56 Å². The molecule has 3 aromatic carbocycles. The highest BCUT2D eigenvalue weighted by Crippen LogP contribution is 2.35. The quantitative estimate of drug-likeness (QED) is 0.295. The van der Waals surface area contributed by atoms with Crippen molar-refractivity contribution in [3.05, 3.63) is 90.8 Å². The first-order chi connectivity index (χ1) is 14.5. The van der Waals surface area contributed by atoms with Crippen molar-refractivity contribution in [3.63, 3.8) is 0 Å². The third-order valence-electron chi connectivity index (χ3n) is 4.59. The summed E-state index contributed by atoms with van der Waals surface area (Å²) in [5.41, 5.74) is 3.06. The second kappa shape index (κ2) is 11.3. The minimum absolute atomic E-state index is 0.250. The van der Waals surface area contributed by atoms with Crippen LogP contribution in [0, 0.1) is 0 Å². The molecule has 0 saturated carbocycles. The Morgan fingerprint density at radius 2 is 1.63 bits per heavy atom. The molecule has 3 aromatic rings. The topological polar surface area (TPSA) is 30.5 Å². The van der Waals surface area contributed by atoms with Crippen molar-refractivity contribution in [1.29, 1.82) is 0 Å². The Hall–Kier alpha value is -1.43. The number of halogens is 4. The molecule has 158 valence electrons. The van der Waals surface area contributed by atoms with Crippen molar-refractivity contribution in [3.8, 4) is 11.5 Å². The molecule has 30 heavy (non-hydrogen) atoms. The van der Waals surface area contributed by atoms with Crippen LogP contribution in [0.25, 0.3) is 0 Å². The van der Waals surface area contributed by atoms with Crippen LogP contribution in [-0.2, 0) is 19.6 Å². The highest BCUT2D eigenvalue weighted by molar-refractivity contribution is 9.10. The molecule has 0 bridgehead atoms. The van der Waals surface area contributed by atoms with Gasteiger partial charge in [-0.1, -0.05) is 68.9 Å². The summed E-state index contributed by atoms with van der Waals surface area (Å²) in [5, 5.41) is 5.35. The second-order valence-corrected chi connectivity index (χ2v) is 8.74. The first-order valence-electron chi connectivity index (χ1n) is 9.35. The van der Waals surface area contributed by atoms with Gasteiger partial charge in [0.05, 0.1) is 7.11 Å². The Morgan fingerprint density at radius 1 is 0.933 bits per heavy atom. The molecule has 1 N–H and O–H groups in total. The smallest absolute Gasteiger partial charge is 0.162 e. The molecule has 0 atom stereocenters. The van der Waals surface area contributed by atoms with Crippen molar-refractivity contribution in [2.24, 2.45) is 0 Å². The summed E-state index contributed by atoms with van der Waals surface area (Å²) in [6.45, 7) is 1.79. The van der Waals surface area contributed by atoms with E-state index >= 15 is 0 Å². The summed E-state index contributed by atoms with van der Waals surface area (Å²) in [4.78, 5) is 0. The van der Waals surface area contributed by atoms with Crippen LogP contribution in [0.1, 0.15) is 16.7 Å². The van der Waals surface area contributed by atoms with E-state index in [0.717, 1.165) is 33.6 Å². The molecule has 0 radical (unpaired) electrons. The Bertz CT molecular complexity index is 976. The van der Waals surface area contributed by atoms with Crippen molar-refractivity contribution in [2.45, 2.75) is 19.6 Å².